The van der Waals surface area contributed by atoms with E-state index >= 15 is 0 Å². The third kappa shape index (κ3) is 3.28. The van der Waals surface area contributed by atoms with E-state index in [0.29, 0.717) is 5.69 Å². The molecule has 0 aliphatic heterocycles. The van der Waals surface area contributed by atoms with Gasteiger partial charge in [0.2, 0.25) is 0 Å². The molecule has 1 aromatic heterocycles. The van der Waals surface area contributed by atoms with E-state index in [1.807, 2.05) is 0 Å². The number of nitrogens with zero attached hydrogens (tertiary/aromatic N) is 2. The van der Waals surface area contributed by atoms with Gasteiger partial charge in [0.15, 0.2) is 0 Å². The minimum atomic E-state index is -0.727. The zero-order chi connectivity index (χ0) is 9.68. The van der Waals surface area contributed by atoms with Crippen molar-refractivity contribution in [2.75, 3.05) is 11.9 Å². The molecule has 68 valence electrons. The molecule has 0 fully saturated rings. The highest BCUT2D eigenvalue weighted by Crippen LogP contribution is 2.01. The quantitative estimate of drug-likeness (QED) is 0.536. The van der Waals surface area contributed by atoms with E-state index in [-0.39, 0.29) is 0 Å². The number of amides is 1. The molecule has 1 heterocycles. The Balaban J connectivity index is 2.50. The van der Waals surface area contributed by atoms with Crippen LogP contribution in [0.1, 0.15) is 0 Å². The number of carbonyl (C=O) groups is 1. The number of hydrogen-bond acceptors (Lipinski definition) is 4. The van der Waals surface area contributed by atoms with Gasteiger partial charge in [-0.15, -0.1) is 0 Å². The second-order valence-electron chi connectivity index (χ2n) is 2.28. The summed E-state index contributed by atoms with van der Waals surface area (Å²) in [5.74, 6) is -0.655. The summed E-state index contributed by atoms with van der Waals surface area (Å²) in [7, 11) is 0. The maximum Gasteiger partial charge on any atom is 0.296 e. The first-order valence-corrected chi connectivity index (χ1v) is 3.50. The van der Waals surface area contributed by atoms with Crippen molar-refractivity contribution in [2.45, 2.75) is 0 Å². The lowest BCUT2D eigenvalue weighted by molar-refractivity contribution is -0.467. The zero-order valence-corrected chi connectivity index (χ0v) is 6.64. The number of carbonyl (C=O) groups excluding carboxylic acids is 1. The van der Waals surface area contributed by atoms with Crippen molar-refractivity contribution in [3.63, 3.8) is 0 Å². The predicted octanol–water partition coefficient (Wildman–Crippen LogP) is 0.297. The highest BCUT2D eigenvalue weighted by atomic mass is 16.6. The van der Waals surface area contributed by atoms with E-state index < -0.39 is 17.4 Å². The Bertz CT molecular complexity index is 312. The minimum absolute atomic E-state index is 0.453. The zero-order valence-electron chi connectivity index (χ0n) is 6.64. The van der Waals surface area contributed by atoms with Crippen LogP contribution in [0.2, 0.25) is 0 Å². The van der Waals surface area contributed by atoms with E-state index in [0.717, 1.165) is 0 Å². The molecule has 0 atom stereocenters. The van der Waals surface area contributed by atoms with Gasteiger partial charge in [0.05, 0.1) is 11.9 Å². The van der Waals surface area contributed by atoms with Gasteiger partial charge < -0.3 is 5.32 Å². The fraction of sp³-hybridized carbons (Fsp3) is 0.143. The summed E-state index contributed by atoms with van der Waals surface area (Å²) in [5, 5.41) is 12.3. The number of nitro groups is 1. The average Bonchev–Trinajstić information content (AvgIpc) is 2.04. The molecule has 6 heteroatoms. The summed E-state index contributed by atoms with van der Waals surface area (Å²) in [6.07, 6.45) is 2.96. The normalized spacial score (nSPS) is 9.23. The summed E-state index contributed by atoms with van der Waals surface area (Å²) in [5.41, 5.74) is 0.453. The lowest BCUT2D eigenvalue weighted by Gasteiger charge is -1.99. The number of rotatable bonds is 3. The molecule has 0 aromatic carbocycles. The van der Waals surface area contributed by atoms with E-state index in [9.17, 15) is 14.9 Å². The second kappa shape index (κ2) is 4.15. The molecule has 1 aromatic rings. The molecule has 0 aliphatic rings. The summed E-state index contributed by atoms with van der Waals surface area (Å²) in [4.78, 5) is 23.8. The minimum Gasteiger partial charge on any atom is -0.319 e. The molecular weight excluding hydrogens is 174 g/mol. The molecule has 0 aliphatic carbocycles. The molecule has 13 heavy (non-hydrogen) atoms. The fourth-order valence-corrected chi connectivity index (χ4v) is 0.754. The smallest absolute Gasteiger partial charge is 0.296 e. The largest absolute Gasteiger partial charge is 0.319 e. The summed E-state index contributed by atoms with van der Waals surface area (Å²) in [6, 6.07) is 3.23. The molecule has 1 amide bonds. The van der Waals surface area contributed by atoms with Gasteiger partial charge in [0.25, 0.3) is 12.5 Å². The van der Waals surface area contributed by atoms with E-state index in [4.69, 9.17) is 0 Å². The Morgan fingerprint density at radius 1 is 1.69 bits per heavy atom. The Labute approximate surface area is 73.7 Å². The van der Waals surface area contributed by atoms with Crippen molar-refractivity contribution in [3.05, 3.63) is 34.6 Å². The fourth-order valence-electron chi connectivity index (χ4n) is 0.754. The van der Waals surface area contributed by atoms with Gasteiger partial charge in [-0.2, -0.15) is 0 Å². The van der Waals surface area contributed by atoms with Gasteiger partial charge in [-0.25, -0.2) is 0 Å². The van der Waals surface area contributed by atoms with Crippen LogP contribution in [0.3, 0.4) is 0 Å². The van der Waals surface area contributed by atoms with Crippen molar-refractivity contribution in [1.29, 1.82) is 0 Å². The first kappa shape index (κ1) is 9.11. The highest BCUT2D eigenvalue weighted by Gasteiger charge is 2.08. The lowest BCUT2D eigenvalue weighted by Crippen LogP contribution is -2.21. The number of hydrogen-bond donors (Lipinski definition) is 1. The highest BCUT2D eigenvalue weighted by molar-refractivity contribution is 5.91. The van der Waals surface area contributed by atoms with Crippen molar-refractivity contribution in [3.8, 4) is 0 Å². The second-order valence-corrected chi connectivity index (χ2v) is 2.28. The van der Waals surface area contributed by atoms with Crippen LogP contribution in [0, 0.1) is 10.1 Å². The van der Waals surface area contributed by atoms with E-state index in [2.05, 4.69) is 10.3 Å². The lowest BCUT2D eigenvalue weighted by atomic mass is 10.4. The van der Waals surface area contributed by atoms with Gasteiger partial charge in [-0.05, 0) is 12.1 Å². The molecular formula is C7H7N3O3. The van der Waals surface area contributed by atoms with Gasteiger partial charge in [-0.1, -0.05) is 0 Å². The summed E-state index contributed by atoms with van der Waals surface area (Å²) < 4.78 is 0. The van der Waals surface area contributed by atoms with Crippen LogP contribution >= 0.6 is 0 Å². The molecule has 1 N–H and O–H groups in total. The third-order valence-electron chi connectivity index (χ3n) is 1.22. The maximum atomic E-state index is 10.8. The predicted molar refractivity (Wildman–Crippen MR) is 44.7 cm³/mol. The van der Waals surface area contributed by atoms with Crippen LogP contribution in [0.5, 0.6) is 0 Å². The molecule has 6 nitrogen and oxygen atoms in total. The van der Waals surface area contributed by atoms with Crippen molar-refractivity contribution >= 4 is 11.6 Å². The Morgan fingerprint density at radius 3 is 3.00 bits per heavy atom. The van der Waals surface area contributed by atoms with Crippen molar-refractivity contribution < 1.29 is 9.72 Å². The van der Waals surface area contributed by atoms with Gasteiger partial charge in [0, 0.05) is 11.1 Å². The Hall–Kier alpha value is -1.98. The molecule has 0 spiro atoms. The molecule has 1 rings (SSSR count). The molecule has 0 bridgehead atoms. The SMILES string of the molecule is O=C(C[N+](=O)[O-])Nc1cccnc1. The van der Waals surface area contributed by atoms with Crippen LogP contribution < -0.4 is 5.32 Å². The molecule has 0 saturated carbocycles. The average molecular weight is 181 g/mol. The number of nitrogens with one attached hydrogen (secondary N) is 1. The number of anilines is 1. The van der Waals surface area contributed by atoms with Gasteiger partial charge >= 0.3 is 0 Å². The summed E-state index contributed by atoms with van der Waals surface area (Å²) in [6.45, 7) is -0.727. The first-order valence-electron chi connectivity index (χ1n) is 3.50. The monoisotopic (exact) mass is 181 g/mol. The van der Waals surface area contributed by atoms with Crippen LogP contribution in [0.15, 0.2) is 24.5 Å². The van der Waals surface area contributed by atoms with Crippen LogP contribution in [-0.2, 0) is 4.79 Å². The van der Waals surface area contributed by atoms with Crippen molar-refractivity contribution in [1.82, 2.24) is 4.98 Å². The van der Waals surface area contributed by atoms with Gasteiger partial charge in [0.1, 0.15) is 0 Å². The number of aromatic nitrogens is 1. The summed E-state index contributed by atoms with van der Waals surface area (Å²) >= 11 is 0. The molecule has 0 saturated heterocycles. The molecule has 0 unspecified atom stereocenters. The van der Waals surface area contributed by atoms with Crippen LogP contribution in [0.4, 0.5) is 5.69 Å². The van der Waals surface area contributed by atoms with Crippen LogP contribution in [-0.4, -0.2) is 22.4 Å². The van der Waals surface area contributed by atoms with E-state index in [1.165, 1.54) is 6.20 Å². The van der Waals surface area contributed by atoms with E-state index in [1.54, 1.807) is 18.3 Å². The number of pyridine rings is 1. The molecule has 0 radical (unpaired) electrons. The Morgan fingerprint density at radius 2 is 2.46 bits per heavy atom. The third-order valence-corrected chi connectivity index (χ3v) is 1.22. The topological polar surface area (TPSA) is 85.1 Å². The van der Waals surface area contributed by atoms with Crippen molar-refractivity contribution in [2.24, 2.45) is 0 Å². The van der Waals surface area contributed by atoms with Crippen LogP contribution in [0.25, 0.3) is 0 Å². The first-order chi connectivity index (χ1) is 6.18. The van der Waals surface area contributed by atoms with Gasteiger partial charge in [-0.3, -0.25) is 19.9 Å². The maximum absolute atomic E-state index is 10.8. The Kier molecular flexibility index (Phi) is 2.91. The standard InChI is InChI=1S/C7H7N3O3/c11-7(5-10(12)13)9-6-2-1-3-8-4-6/h1-4H,5H2,(H,9,11).